The maximum Gasteiger partial charge on any atom is 0.239 e. The fourth-order valence-electron chi connectivity index (χ4n) is 2.79. The molecular weight excluding hydrogens is 316 g/mol. The van der Waals surface area contributed by atoms with Crippen LogP contribution in [-0.4, -0.2) is 29.5 Å². The Morgan fingerprint density at radius 1 is 0.840 bits per heavy atom. The fraction of sp³-hybridized carbons (Fsp3) is 0.0588. The molecule has 124 valence electrons. The Kier molecular flexibility index (Phi) is 3.62. The molecule has 2 aromatic carbocycles. The summed E-state index contributed by atoms with van der Waals surface area (Å²) in [4.78, 5) is 7.99. The Labute approximate surface area is 143 Å². The van der Waals surface area contributed by atoms with Crippen molar-refractivity contribution >= 4 is 11.9 Å². The van der Waals surface area contributed by atoms with Crippen LogP contribution >= 0.6 is 0 Å². The van der Waals surface area contributed by atoms with Crippen LogP contribution in [0.4, 0.5) is 11.9 Å². The quantitative estimate of drug-likeness (QED) is 0.587. The molecular formula is C17H16N8. The molecule has 1 unspecified atom stereocenters. The van der Waals surface area contributed by atoms with E-state index in [1.165, 1.54) is 6.33 Å². The molecule has 0 amide bonds. The molecule has 1 atom stereocenters. The van der Waals surface area contributed by atoms with Crippen molar-refractivity contribution in [1.82, 2.24) is 29.5 Å². The van der Waals surface area contributed by atoms with E-state index in [0.717, 1.165) is 16.8 Å². The third-order valence-electron chi connectivity index (χ3n) is 3.93. The van der Waals surface area contributed by atoms with Crippen molar-refractivity contribution in [3.63, 3.8) is 0 Å². The Morgan fingerprint density at radius 2 is 1.56 bits per heavy atom. The number of anilines is 2. The van der Waals surface area contributed by atoms with E-state index in [9.17, 15) is 0 Å². The molecule has 0 bridgehead atoms. The van der Waals surface area contributed by atoms with Gasteiger partial charge in [-0.15, -0.1) is 5.10 Å². The first-order chi connectivity index (χ1) is 12.2. The zero-order valence-electron chi connectivity index (χ0n) is 13.3. The zero-order valence-corrected chi connectivity index (χ0v) is 13.3. The van der Waals surface area contributed by atoms with Crippen molar-refractivity contribution < 1.29 is 0 Å². The van der Waals surface area contributed by atoms with E-state index in [1.54, 1.807) is 15.7 Å². The van der Waals surface area contributed by atoms with E-state index in [-0.39, 0.29) is 12.0 Å². The summed E-state index contributed by atoms with van der Waals surface area (Å²) in [7, 11) is 0. The van der Waals surface area contributed by atoms with E-state index >= 15 is 0 Å². The van der Waals surface area contributed by atoms with Gasteiger partial charge in [0, 0.05) is 0 Å². The lowest BCUT2D eigenvalue weighted by molar-refractivity contribution is 0.595. The van der Waals surface area contributed by atoms with Crippen molar-refractivity contribution in [2.45, 2.75) is 6.04 Å². The van der Waals surface area contributed by atoms with Gasteiger partial charge in [-0.05, 0) is 23.3 Å². The van der Waals surface area contributed by atoms with Gasteiger partial charge in [0.05, 0.1) is 5.69 Å². The van der Waals surface area contributed by atoms with E-state index in [1.807, 2.05) is 54.6 Å². The highest BCUT2D eigenvalue weighted by Crippen LogP contribution is 2.27. The summed E-state index contributed by atoms with van der Waals surface area (Å²) in [6.07, 6.45) is 3.06. The van der Waals surface area contributed by atoms with Crippen LogP contribution in [0.15, 0.2) is 67.3 Å². The van der Waals surface area contributed by atoms with Crippen molar-refractivity contribution in [1.29, 1.82) is 0 Å². The van der Waals surface area contributed by atoms with Gasteiger partial charge in [0.25, 0.3) is 0 Å². The molecule has 0 saturated carbocycles. The summed E-state index contributed by atoms with van der Waals surface area (Å²) in [6, 6.07) is 17.8. The number of rotatable bonds is 4. The molecule has 4 N–H and O–H groups in total. The Bertz CT molecular complexity index is 971. The van der Waals surface area contributed by atoms with Crippen LogP contribution in [-0.2, 0) is 0 Å². The van der Waals surface area contributed by atoms with Gasteiger partial charge >= 0.3 is 0 Å². The normalized spacial score (nSPS) is 12.2. The van der Waals surface area contributed by atoms with Crippen LogP contribution in [0.5, 0.6) is 0 Å². The lowest BCUT2D eigenvalue weighted by atomic mass is 9.99. The molecule has 2 aromatic heterocycles. The van der Waals surface area contributed by atoms with Crippen molar-refractivity contribution in [3.8, 4) is 5.69 Å². The van der Waals surface area contributed by atoms with Gasteiger partial charge in [-0.25, -0.2) is 9.67 Å². The number of nitrogens with zero attached hydrogens (tertiary/aromatic N) is 6. The van der Waals surface area contributed by atoms with Crippen molar-refractivity contribution in [2.75, 3.05) is 11.5 Å². The Balaban J connectivity index is 1.76. The average Bonchev–Trinajstić information content (AvgIpc) is 3.25. The minimum absolute atomic E-state index is 0.131. The first-order valence-corrected chi connectivity index (χ1v) is 7.70. The molecule has 8 heteroatoms. The Morgan fingerprint density at radius 3 is 2.16 bits per heavy atom. The summed E-state index contributed by atoms with van der Waals surface area (Å²) in [5.74, 6) is 0.587. The van der Waals surface area contributed by atoms with E-state index in [2.05, 4.69) is 20.2 Å². The summed E-state index contributed by atoms with van der Waals surface area (Å²) in [6.45, 7) is 0. The number of hydrogen-bond donors (Lipinski definition) is 2. The molecule has 4 aromatic rings. The van der Waals surface area contributed by atoms with Gasteiger partial charge in [0.2, 0.25) is 11.9 Å². The first kappa shape index (κ1) is 14.9. The van der Waals surface area contributed by atoms with Crippen LogP contribution in [0, 0.1) is 0 Å². The molecule has 0 spiro atoms. The fourth-order valence-corrected chi connectivity index (χ4v) is 2.79. The summed E-state index contributed by atoms with van der Waals surface area (Å²) >= 11 is 0. The highest BCUT2D eigenvalue weighted by Gasteiger charge is 2.18. The predicted octanol–water partition coefficient (Wildman–Crippen LogP) is 1.66. The molecule has 2 heterocycles. The maximum absolute atomic E-state index is 5.81. The third kappa shape index (κ3) is 2.80. The Hall–Kier alpha value is -3.68. The minimum atomic E-state index is -0.131. The number of nitrogens with two attached hydrogens (primary N) is 2. The van der Waals surface area contributed by atoms with Crippen LogP contribution in [0.25, 0.3) is 5.69 Å². The van der Waals surface area contributed by atoms with E-state index < -0.39 is 0 Å². The number of benzene rings is 2. The van der Waals surface area contributed by atoms with Crippen LogP contribution < -0.4 is 11.5 Å². The summed E-state index contributed by atoms with van der Waals surface area (Å²) in [5, 5.41) is 8.40. The lowest BCUT2D eigenvalue weighted by Crippen LogP contribution is -2.13. The molecule has 0 fully saturated rings. The SMILES string of the molecule is Nc1ncn(C(c2ccccc2)c2ccc(-n3ncnc3N)cc2)n1. The molecule has 25 heavy (non-hydrogen) atoms. The zero-order chi connectivity index (χ0) is 17.2. The number of hydrogen-bond acceptors (Lipinski definition) is 6. The molecule has 0 aliphatic heterocycles. The van der Waals surface area contributed by atoms with Gasteiger partial charge in [0.15, 0.2) is 0 Å². The molecule has 0 aliphatic rings. The smallest absolute Gasteiger partial charge is 0.239 e. The molecule has 4 rings (SSSR count). The largest absolute Gasteiger partial charge is 0.368 e. The predicted molar refractivity (Wildman–Crippen MR) is 93.9 cm³/mol. The monoisotopic (exact) mass is 332 g/mol. The number of aromatic nitrogens is 6. The standard InChI is InChI=1S/C17H16N8/c18-16-21-11-24(23-16)15(12-4-2-1-3-5-12)13-6-8-14(9-7-13)25-17(19)20-10-22-25/h1-11,15H,(H2,18,23)(H2,19,20,22). The van der Waals surface area contributed by atoms with E-state index in [4.69, 9.17) is 11.5 Å². The van der Waals surface area contributed by atoms with Gasteiger partial charge in [-0.2, -0.15) is 14.8 Å². The van der Waals surface area contributed by atoms with Crippen molar-refractivity contribution in [2.24, 2.45) is 0 Å². The molecule has 8 nitrogen and oxygen atoms in total. The second-order valence-corrected chi connectivity index (χ2v) is 5.52. The van der Waals surface area contributed by atoms with Gasteiger partial charge in [-0.1, -0.05) is 42.5 Å². The van der Waals surface area contributed by atoms with Crippen LogP contribution in [0.3, 0.4) is 0 Å². The summed E-state index contributed by atoms with van der Waals surface area (Å²) < 4.78 is 3.33. The van der Waals surface area contributed by atoms with Gasteiger partial charge in [0.1, 0.15) is 18.7 Å². The minimum Gasteiger partial charge on any atom is -0.368 e. The summed E-state index contributed by atoms with van der Waals surface area (Å²) in [5.41, 5.74) is 14.5. The first-order valence-electron chi connectivity index (χ1n) is 7.70. The highest BCUT2D eigenvalue weighted by atomic mass is 15.4. The van der Waals surface area contributed by atoms with Crippen molar-refractivity contribution in [3.05, 3.63) is 78.4 Å². The topological polar surface area (TPSA) is 113 Å². The van der Waals surface area contributed by atoms with Gasteiger partial charge < -0.3 is 11.5 Å². The van der Waals surface area contributed by atoms with Crippen LogP contribution in [0.1, 0.15) is 17.2 Å². The maximum atomic E-state index is 5.81. The molecule has 0 aliphatic carbocycles. The third-order valence-corrected chi connectivity index (χ3v) is 3.93. The molecule has 0 radical (unpaired) electrons. The van der Waals surface area contributed by atoms with Gasteiger partial charge in [-0.3, -0.25) is 0 Å². The second-order valence-electron chi connectivity index (χ2n) is 5.52. The molecule has 0 saturated heterocycles. The second kappa shape index (κ2) is 6.08. The van der Waals surface area contributed by atoms with E-state index in [0.29, 0.717) is 5.95 Å². The van der Waals surface area contributed by atoms with Crippen LogP contribution in [0.2, 0.25) is 0 Å². The highest BCUT2D eigenvalue weighted by molar-refractivity contribution is 5.41. The average molecular weight is 332 g/mol. The lowest BCUT2D eigenvalue weighted by Gasteiger charge is -2.18. The number of nitrogen functional groups attached to an aromatic ring is 2.